The topological polar surface area (TPSA) is 72.8 Å². The fraction of sp³-hybridized carbons (Fsp3) is 0.529. The van der Waals surface area contributed by atoms with Gasteiger partial charge in [0.15, 0.2) is 0 Å². The van der Waals surface area contributed by atoms with E-state index in [-0.39, 0.29) is 11.8 Å². The molecule has 0 spiro atoms. The van der Waals surface area contributed by atoms with Crippen molar-refractivity contribution in [2.45, 2.75) is 83.7 Å². The number of unbranched alkanes of at least 4 members (excludes halogenated alkanes) is 1. The van der Waals surface area contributed by atoms with Gasteiger partial charge in [0.2, 0.25) is 5.91 Å². The summed E-state index contributed by atoms with van der Waals surface area (Å²) < 4.78 is 13.7. The Labute approximate surface area is 244 Å². The number of nitrogens with zero attached hydrogens (tertiary/aromatic N) is 2. The van der Waals surface area contributed by atoms with Crippen LogP contribution in [0.3, 0.4) is 0 Å². The molecule has 3 aromatic rings. The van der Waals surface area contributed by atoms with E-state index >= 15 is 0 Å². The van der Waals surface area contributed by atoms with E-state index in [9.17, 15) is 9.59 Å². The van der Waals surface area contributed by atoms with Crippen molar-refractivity contribution in [3.63, 3.8) is 0 Å². The molecular formula is C34H45N3O4. The normalized spacial score (nSPS) is 15.5. The molecule has 1 aliphatic heterocycles. The molecule has 0 radical (unpaired) electrons. The predicted octanol–water partition coefficient (Wildman–Crippen LogP) is 6.53. The van der Waals surface area contributed by atoms with Crippen LogP contribution in [-0.2, 0) is 16.1 Å². The second-order valence-electron chi connectivity index (χ2n) is 12.0. The van der Waals surface area contributed by atoms with Gasteiger partial charge in [-0.2, -0.15) is 0 Å². The van der Waals surface area contributed by atoms with Crippen molar-refractivity contribution in [1.82, 2.24) is 14.8 Å². The molecule has 0 unspecified atom stereocenters. The number of hydrogen-bond acceptors (Lipinski definition) is 4. The summed E-state index contributed by atoms with van der Waals surface area (Å²) in [6, 6.07) is 14.4. The second-order valence-corrected chi connectivity index (χ2v) is 12.0. The van der Waals surface area contributed by atoms with Crippen molar-refractivity contribution in [3.05, 3.63) is 53.6 Å². The van der Waals surface area contributed by atoms with Gasteiger partial charge in [-0.3, -0.25) is 9.59 Å². The first kappa shape index (κ1) is 29.2. The number of hydrogen-bond donors (Lipinski definition) is 1. The van der Waals surface area contributed by atoms with Gasteiger partial charge >= 0.3 is 0 Å². The van der Waals surface area contributed by atoms with Crippen LogP contribution in [0.2, 0.25) is 0 Å². The molecular weight excluding hydrogens is 514 g/mol. The summed E-state index contributed by atoms with van der Waals surface area (Å²) in [5.41, 5.74) is 4.36. The number of fused-ring (bicyclic) bond motifs is 5. The Balaban J connectivity index is 1.47. The summed E-state index contributed by atoms with van der Waals surface area (Å²) in [6.45, 7) is 8.78. The van der Waals surface area contributed by atoms with E-state index in [2.05, 4.69) is 34.1 Å². The average Bonchev–Trinajstić information content (AvgIpc) is 3.18. The van der Waals surface area contributed by atoms with E-state index in [1.165, 1.54) is 48.7 Å². The smallest absolute Gasteiger partial charge is 0.252 e. The van der Waals surface area contributed by atoms with Crippen LogP contribution >= 0.6 is 0 Å². The summed E-state index contributed by atoms with van der Waals surface area (Å²) >= 11 is 0. The average molecular weight is 560 g/mol. The summed E-state index contributed by atoms with van der Waals surface area (Å²) in [6.07, 6.45) is 7.93. The molecule has 0 atom stereocenters. The Morgan fingerprint density at radius 3 is 2.63 bits per heavy atom. The lowest BCUT2D eigenvalue weighted by atomic mass is 9.81. The number of benzene rings is 2. The lowest BCUT2D eigenvalue weighted by molar-refractivity contribution is -0.136. The molecule has 1 saturated carbocycles. The number of para-hydroxylation sites is 1. The van der Waals surface area contributed by atoms with Crippen molar-refractivity contribution in [3.8, 4) is 17.0 Å². The van der Waals surface area contributed by atoms with Gasteiger partial charge in [-0.05, 0) is 82.2 Å². The number of amides is 2. The van der Waals surface area contributed by atoms with Crippen LogP contribution in [0.4, 0.5) is 0 Å². The quantitative estimate of drug-likeness (QED) is 0.287. The molecule has 5 rings (SSSR count). The third kappa shape index (κ3) is 6.01. The molecule has 2 amide bonds. The zero-order chi connectivity index (χ0) is 29.0. The molecule has 2 heterocycles. The SMILES string of the molecule is CCN(CCCCOC)C(=O)C(C)(C)NC(=O)c1ccc2c(C3CCCCC3)c3n(c2c1)CCOc1ccccc1-3. The Morgan fingerprint density at radius 2 is 1.88 bits per heavy atom. The van der Waals surface area contributed by atoms with Crippen molar-refractivity contribution in [1.29, 1.82) is 0 Å². The first-order chi connectivity index (χ1) is 19.9. The van der Waals surface area contributed by atoms with E-state index in [0.717, 1.165) is 36.2 Å². The Bertz CT molecular complexity index is 1390. The summed E-state index contributed by atoms with van der Waals surface area (Å²) in [7, 11) is 1.69. The first-order valence-corrected chi connectivity index (χ1v) is 15.3. The standard InChI is InChI=1S/C34H45N3O4/c1-5-36(19-11-12-21-40-4)33(39)34(2,3)35-32(38)25-17-18-26-28(23-25)37-20-22-41-29-16-10-9-15-27(29)31(37)30(26)24-13-7-6-8-14-24/h9-10,15-18,23-24H,5-8,11-14,19-22H2,1-4H3,(H,35,38). The largest absolute Gasteiger partial charge is 0.491 e. The lowest BCUT2D eigenvalue weighted by Crippen LogP contribution is -2.56. The fourth-order valence-corrected chi connectivity index (χ4v) is 6.64. The Hall–Kier alpha value is -3.32. The van der Waals surface area contributed by atoms with E-state index in [1.807, 2.05) is 30.0 Å². The molecule has 1 aromatic heterocycles. The number of rotatable bonds is 10. The minimum absolute atomic E-state index is 0.0725. The number of likely N-dealkylation sites (N-methyl/N-ethyl adjacent to an activating group) is 1. The highest BCUT2D eigenvalue weighted by atomic mass is 16.5. The fourth-order valence-electron chi connectivity index (χ4n) is 6.64. The zero-order valence-electron chi connectivity index (χ0n) is 25.1. The molecule has 7 nitrogen and oxygen atoms in total. The Kier molecular flexibility index (Phi) is 9.03. The van der Waals surface area contributed by atoms with Gasteiger partial charge in [0.1, 0.15) is 17.9 Å². The molecule has 1 fully saturated rings. The van der Waals surface area contributed by atoms with Gasteiger partial charge in [-0.15, -0.1) is 0 Å². The number of aromatic nitrogens is 1. The second kappa shape index (κ2) is 12.7. The van der Waals surface area contributed by atoms with Gasteiger partial charge in [-0.1, -0.05) is 37.5 Å². The lowest BCUT2D eigenvalue weighted by Gasteiger charge is -2.32. The summed E-state index contributed by atoms with van der Waals surface area (Å²) in [5.74, 6) is 1.11. The zero-order valence-corrected chi connectivity index (χ0v) is 25.1. The maximum Gasteiger partial charge on any atom is 0.252 e. The van der Waals surface area contributed by atoms with Gasteiger partial charge in [0, 0.05) is 48.8 Å². The van der Waals surface area contributed by atoms with Crippen LogP contribution < -0.4 is 10.1 Å². The summed E-state index contributed by atoms with van der Waals surface area (Å²) in [5, 5.41) is 4.27. The van der Waals surface area contributed by atoms with Crippen LogP contribution in [0.15, 0.2) is 42.5 Å². The number of carbonyl (C=O) groups is 2. The molecule has 41 heavy (non-hydrogen) atoms. The molecule has 7 heteroatoms. The van der Waals surface area contributed by atoms with Crippen LogP contribution in [-0.4, -0.2) is 60.2 Å². The highest BCUT2D eigenvalue weighted by Crippen LogP contribution is 2.47. The van der Waals surface area contributed by atoms with E-state index in [1.54, 1.807) is 21.0 Å². The molecule has 2 aliphatic rings. The number of nitrogens with one attached hydrogen (secondary N) is 1. The van der Waals surface area contributed by atoms with Gasteiger partial charge < -0.3 is 24.3 Å². The van der Waals surface area contributed by atoms with Crippen LogP contribution in [0.25, 0.3) is 22.2 Å². The van der Waals surface area contributed by atoms with E-state index < -0.39 is 5.54 Å². The van der Waals surface area contributed by atoms with E-state index in [0.29, 0.717) is 37.8 Å². The van der Waals surface area contributed by atoms with Crippen molar-refractivity contribution in [2.75, 3.05) is 33.4 Å². The number of carbonyl (C=O) groups excluding carboxylic acids is 2. The number of methoxy groups -OCH3 is 1. The van der Waals surface area contributed by atoms with Gasteiger partial charge in [-0.25, -0.2) is 0 Å². The third-order valence-corrected chi connectivity index (χ3v) is 8.75. The highest BCUT2D eigenvalue weighted by molar-refractivity contribution is 6.03. The molecule has 0 saturated heterocycles. The van der Waals surface area contributed by atoms with Crippen molar-refractivity contribution >= 4 is 22.7 Å². The summed E-state index contributed by atoms with van der Waals surface area (Å²) in [4.78, 5) is 28.9. The van der Waals surface area contributed by atoms with E-state index in [4.69, 9.17) is 9.47 Å². The predicted molar refractivity (Wildman–Crippen MR) is 164 cm³/mol. The molecule has 220 valence electrons. The van der Waals surface area contributed by atoms with Crippen LogP contribution in [0.1, 0.15) is 87.6 Å². The number of ether oxygens (including phenoxy) is 2. The molecule has 2 aromatic carbocycles. The van der Waals surface area contributed by atoms with Crippen LogP contribution in [0.5, 0.6) is 5.75 Å². The van der Waals surface area contributed by atoms with Gasteiger partial charge in [0.05, 0.1) is 12.2 Å². The van der Waals surface area contributed by atoms with Crippen molar-refractivity contribution in [2.24, 2.45) is 0 Å². The first-order valence-electron chi connectivity index (χ1n) is 15.3. The minimum Gasteiger partial charge on any atom is -0.491 e. The minimum atomic E-state index is -1.03. The van der Waals surface area contributed by atoms with Gasteiger partial charge in [0.25, 0.3) is 5.91 Å². The third-order valence-electron chi connectivity index (χ3n) is 8.75. The maximum absolute atomic E-state index is 13.6. The Morgan fingerprint density at radius 1 is 1.10 bits per heavy atom. The van der Waals surface area contributed by atoms with Crippen molar-refractivity contribution < 1.29 is 19.1 Å². The maximum atomic E-state index is 13.6. The highest BCUT2D eigenvalue weighted by Gasteiger charge is 2.34. The van der Waals surface area contributed by atoms with Crippen LogP contribution in [0, 0.1) is 0 Å². The molecule has 1 aliphatic carbocycles. The molecule has 0 bridgehead atoms. The monoisotopic (exact) mass is 559 g/mol. The molecule has 1 N–H and O–H groups in total.